The average molecular weight is 445 g/mol. The van der Waals surface area contributed by atoms with Crippen molar-refractivity contribution in [1.29, 1.82) is 0 Å². The van der Waals surface area contributed by atoms with Crippen LogP contribution in [0.4, 0.5) is 0 Å². The second-order valence-electron chi connectivity index (χ2n) is 7.53. The summed E-state index contributed by atoms with van der Waals surface area (Å²) < 4.78 is 29.3. The van der Waals surface area contributed by atoms with Gasteiger partial charge in [-0.15, -0.1) is 11.3 Å². The van der Waals surface area contributed by atoms with E-state index in [-0.39, 0.29) is 24.1 Å². The predicted molar refractivity (Wildman–Crippen MR) is 120 cm³/mol. The van der Waals surface area contributed by atoms with Crippen LogP contribution in [0.15, 0.2) is 51.2 Å². The van der Waals surface area contributed by atoms with Crippen LogP contribution in [-0.4, -0.2) is 26.1 Å². The van der Waals surface area contributed by atoms with Crippen LogP contribution in [-0.2, 0) is 16.1 Å². The Labute approximate surface area is 185 Å². The van der Waals surface area contributed by atoms with Gasteiger partial charge in [0, 0.05) is 12.7 Å². The molecule has 3 heterocycles. The summed E-state index contributed by atoms with van der Waals surface area (Å²) in [5, 5.41) is 3.30. The number of hydrogen-bond acceptors (Lipinski definition) is 7. The van der Waals surface area contributed by atoms with Crippen LogP contribution in [0.3, 0.4) is 0 Å². The molecule has 1 aliphatic heterocycles. The minimum absolute atomic E-state index is 0.193. The fourth-order valence-electron chi connectivity index (χ4n) is 3.46. The van der Waals surface area contributed by atoms with Gasteiger partial charge in [-0.3, -0.25) is 4.79 Å². The van der Waals surface area contributed by atoms with E-state index in [1.165, 1.54) is 22.4 Å². The van der Waals surface area contributed by atoms with Crippen LogP contribution in [0.25, 0.3) is 10.1 Å². The number of fused-ring (bicyclic) bond motifs is 1. The van der Waals surface area contributed by atoms with Gasteiger partial charge >= 0.3 is 0 Å². The van der Waals surface area contributed by atoms with Gasteiger partial charge in [0.15, 0.2) is 6.29 Å². The number of ether oxygens (including phenoxy) is 4. The molecule has 0 amide bonds. The molecular weight excluding hydrogens is 416 g/mol. The van der Waals surface area contributed by atoms with Crippen LogP contribution in [0.1, 0.15) is 44.3 Å². The maximum atomic E-state index is 12.2. The van der Waals surface area contributed by atoms with Crippen molar-refractivity contribution in [3.63, 3.8) is 0 Å². The molecule has 4 rings (SSSR count). The highest BCUT2D eigenvalue weighted by Gasteiger charge is 2.15. The zero-order valence-corrected chi connectivity index (χ0v) is 18.4. The lowest BCUT2D eigenvalue weighted by Crippen LogP contribution is -2.22. The molecule has 1 aliphatic rings. The summed E-state index contributed by atoms with van der Waals surface area (Å²) in [7, 11) is 0. The van der Waals surface area contributed by atoms with Gasteiger partial charge in [-0.25, -0.2) is 0 Å². The number of thiophene rings is 1. The molecule has 3 aromatic rings. The molecule has 0 bridgehead atoms. The monoisotopic (exact) mass is 444 g/mol. The van der Waals surface area contributed by atoms with Crippen LogP contribution < -0.4 is 14.9 Å². The quantitative estimate of drug-likeness (QED) is 0.363. The molecule has 1 atom stereocenters. The van der Waals surface area contributed by atoms with E-state index in [0.717, 1.165) is 50.9 Å². The fourth-order valence-corrected chi connectivity index (χ4v) is 4.33. The highest BCUT2D eigenvalue weighted by molar-refractivity contribution is 7.17. The van der Waals surface area contributed by atoms with Crippen molar-refractivity contribution in [2.24, 2.45) is 0 Å². The van der Waals surface area contributed by atoms with E-state index in [1.54, 1.807) is 11.3 Å². The van der Waals surface area contributed by atoms with E-state index in [9.17, 15) is 4.79 Å². The number of unbranched alkanes of at least 4 members (excludes halogenated alkanes) is 2. The summed E-state index contributed by atoms with van der Waals surface area (Å²) in [5.41, 5.74) is -0.193. The van der Waals surface area contributed by atoms with Gasteiger partial charge in [-0.1, -0.05) is 12.1 Å². The second kappa shape index (κ2) is 11.3. The lowest BCUT2D eigenvalue weighted by molar-refractivity contribution is -0.171. The van der Waals surface area contributed by atoms with Gasteiger partial charge in [-0.2, -0.15) is 0 Å². The van der Waals surface area contributed by atoms with Crippen LogP contribution in [0.5, 0.6) is 11.5 Å². The van der Waals surface area contributed by atoms with E-state index in [2.05, 4.69) is 17.5 Å². The highest BCUT2D eigenvalue weighted by Crippen LogP contribution is 2.30. The molecule has 0 N–H and O–H groups in total. The molecular formula is C24H28O6S. The molecule has 0 radical (unpaired) electrons. The molecule has 0 spiro atoms. The molecule has 166 valence electrons. The maximum absolute atomic E-state index is 12.2. The Bertz CT molecular complexity index is 1000. The normalized spacial score (nSPS) is 16.5. The lowest BCUT2D eigenvalue weighted by Gasteiger charge is -2.22. The first-order chi connectivity index (χ1) is 15.3. The summed E-state index contributed by atoms with van der Waals surface area (Å²) in [6.45, 7) is 2.08. The molecule has 0 aliphatic carbocycles. The zero-order valence-electron chi connectivity index (χ0n) is 17.5. The lowest BCUT2D eigenvalue weighted by atomic mass is 10.2. The molecule has 6 nitrogen and oxygen atoms in total. The van der Waals surface area contributed by atoms with Crippen molar-refractivity contribution in [1.82, 2.24) is 0 Å². The third-order valence-corrected chi connectivity index (χ3v) is 6.09. The molecule has 1 aromatic carbocycles. The Kier molecular flexibility index (Phi) is 7.98. The molecule has 2 aromatic heterocycles. The molecule has 7 heteroatoms. The van der Waals surface area contributed by atoms with Crippen molar-refractivity contribution in [3.05, 3.63) is 58.0 Å². The van der Waals surface area contributed by atoms with Gasteiger partial charge < -0.3 is 23.4 Å². The minimum atomic E-state index is -0.211. The summed E-state index contributed by atoms with van der Waals surface area (Å²) >= 11 is 1.70. The first-order valence-corrected chi connectivity index (χ1v) is 11.7. The third-order valence-electron chi connectivity index (χ3n) is 5.15. The van der Waals surface area contributed by atoms with E-state index in [4.69, 9.17) is 23.4 Å². The van der Waals surface area contributed by atoms with Gasteiger partial charge in [0.25, 0.3) is 0 Å². The highest BCUT2D eigenvalue weighted by atomic mass is 32.1. The van der Waals surface area contributed by atoms with Crippen molar-refractivity contribution in [3.8, 4) is 11.5 Å². The number of hydrogen-bond donors (Lipinski definition) is 0. The summed E-state index contributed by atoms with van der Waals surface area (Å²) in [5.74, 6) is 1.66. The van der Waals surface area contributed by atoms with Crippen molar-refractivity contribution in [2.45, 2.75) is 51.4 Å². The maximum Gasteiger partial charge on any atom is 0.227 e. The summed E-state index contributed by atoms with van der Waals surface area (Å²) in [4.78, 5) is 12.2. The van der Waals surface area contributed by atoms with Crippen molar-refractivity contribution >= 4 is 21.4 Å². The summed E-state index contributed by atoms with van der Waals surface area (Å²) in [6, 6.07) is 9.66. The van der Waals surface area contributed by atoms with Gasteiger partial charge in [0.05, 0.1) is 17.9 Å². The van der Waals surface area contributed by atoms with E-state index < -0.39 is 0 Å². The van der Waals surface area contributed by atoms with Crippen LogP contribution in [0.2, 0.25) is 0 Å². The Morgan fingerprint density at radius 2 is 1.90 bits per heavy atom. The fraction of sp³-hybridized carbons (Fsp3) is 0.458. The van der Waals surface area contributed by atoms with E-state index in [1.807, 2.05) is 12.1 Å². The molecule has 0 saturated carbocycles. The number of rotatable bonds is 11. The Morgan fingerprint density at radius 1 is 1.03 bits per heavy atom. The first-order valence-electron chi connectivity index (χ1n) is 10.9. The zero-order chi connectivity index (χ0) is 21.3. The van der Waals surface area contributed by atoms with Crippen molar-refractivity contribution < 1.29 is 23.4 Å². The van der Waals surface area contributed by atoms with Gasteiger partial charge in [-0.05, 0) is 61.4 Å². The first kappa shape index (κ1) is 21.9. The Hall–Kier alpha value is -2.35. The van der Waals surface area contributed by atoms with Gasteiger partial charge in [0.2, 0.25) is 11.2 Å². The van der Waals surface area contributed by atoms with Crippen molar-refractivity contribution in [2.75, 3.05) is 19.8 Å². The second-order valence-corrected chi connectivity index (χ2v) is 8.45. The smallest absolute Gasteiger partial charge is 0.227 e. The average Bonchev–Trinajstić information content (AvgIpc) is 3.28. The molecule has 1 unspecified atom stereocenters. The van der Waals surface area contributed by atoms with E-state index in [0.29, 0.717) is 19.0 Å². The van der Waals surface area contributed by atoms with Crippen LogP contribution in [0, 0.1) is 0 Å². The standard InChI is InChI=1S/C24H28O6S/c25-20-15-19(16-30-23-9-2-5-13-28-23)29-17-22(20)27-12-4-1-3-11-26-21-8-6-7-18-10-14-31-24(18)21/h6-8,10,14-15,17,23H,1-5,9,11-13,16H2. The third kappa shape index (κ3) is 6.32. The number of benzene rings is 1. The SMILES string of the molecule is O=c1cc(COC2CCCCO2)occ1OCCCCCOc1cccc2ccsc12. The largest absolute Gasteiger partial charge is 0.492 e. The van der Waals surface area contributed by atoms with Crippen LogP contribution >= 0.6 is 11.3 Å². The van der Waals surface area contributed by atoms with Gasteiger partial charge in [0.1, 0.15) is 24.4 Å². The predicted octanol–water partition coefficient (Wildman–Crippen LogP) is 5.53. The molecule has 1 fully saturated rings. The molecule has 31 heavy (non-hydrogen) atoms. The Morgan fingerprint density at radius 3 is 2.71 bits per heavy atom. The minimum Gasteiger partial charge on any atom is -0.492 e. The topological polar surface area (TPSA) is 67.1 Å². The molecule has 1 saturated heterocycles. The van der Waals surface area contributed by atoms with E-state index >= 15 is 0 Å². The summed E-state index contributed by atoms with van der Waals surface area (Å²) in [6.07, 6.45) is 6.93. The Balaban J connectivity index is 1.12.